The molecule has 0 aliphatic heterocycles. The minimum atomic E-state index is -0.512. The Morgan fingerprint density at radius 3 is 2.52 bits per heavy atom. The Bertz CT molecular complexity index is 1240. The number of ether oxygens (including phenoxy) is 1. The molecule has 0 unspecified atom stereocenters. The van der Waals surface area contributed by atoms with E-state index in [4.69, 9.17) is 21.4 Å². The number of carbonyl (C=O) groups excluding carboxylic acids is 1. The van der Waals surface area contributed by atoms with Gasteiger partial charge in [-0.25, -0.2) is 9.31 Å². The molecule has 2 heterocycles. The zero-order valence-electron chi connectivity index (χ0n) is 16.8. The molecular weight excluding hydrogens is 500 g/mol. The van der Waals surface area contributed by atoms with Crippen molar-refractivity contribution in [3.05, 3.63) is 75.1 Å². The minimum absolute atomic E-state index is 0.167. The third-order valence-electron chi connectivity index (χ3n) is 4.60. The Kier molecular flexibility index (Phi) is 6.60. The van der Waals surface area contributed by atoms with E-state index in [0.717, 1.165) is 26.2 Å². The summed E-state index contributed by atoms with van der Waals surface area (Å²) in [4.78, 5) is 13.6. The van der Waals surface area contributed by atoms with Crippen LogP contribution in [0.4, 0.5) is 0 Å². The van der Waals surface area contributed by atoms with Gasteiger partial charge in [0.15, 0.2) is 11.3 Å². The summed E-state index contributed by atoms with van der Waals surface area (Å²) in [7, 11) is 0. The van der Waals surface area contributed by atoms with E-state index >= 15 is 0 Å². The minimum Gasteiger partial charge on any atom is -0.461 e. The fourth-order valence-corrected chi connectivity index (χ4v) is 4.46. The van der Waals surface area contributed by atoms with Crippen molar-refractivity contribution in [3.8, 4) is 11.1 Å². The van der Waals surface area contributed by atoms with Crippen molar-refractivity contribution in [1.82, 2.24) is 19.8 Å². The van der Waals surface area contributed by atoms with Crippen molar-refractivity contribution in [3.63, 3.8) is 0 Å². The molecule has 0 fully saturated rings. The number of hydrogen-bond acceptors (Lipinski definition) is 6. The first-order chi connectivity index (χ1) is 15.0. The lowest BCUT2D eigenvalue weighted by Crippen LogP contribution is -2.16. The van der Waals surface area contributed by atoms with Crippen LogP contribution >= 0.6 is 39.3 Å². The highest BCUT2D eigenvalue weighted by Gasteiger charge is 2.23. The largest absolute Gasteiger partial charge is 0.461 e. The topological polar surface area (TPSA) is 69.4 Å². The number of halogens is 2. The molecule has 0 aliphatic carbocycles. The molecule has 0 aliphatic rings. The molecule has 2 aromatic heterocycles. The summed E-state index contributed by atoms with van der Waals surface area (Å²) in [6, 6.07) is 15.5. The summed E-state index contributed by atoms with van der Waals surface area (Å²) in [5, 5.41) is 14.0. The Labute approximate surface area is 197 Å². The quantitative estimate of drug-likeness (QED) is 0.231. The van der Waals surface area contributed by atoms with Crippen molar-refractivity contribution in [2.75, 3.05) is 6.61 Å². The maximum Gasteiger partial charge on any atom is 0.360 e. The monoisotopic (exact) mass is 516 g/mol. The van der Waals surface area contributed by atoms with Gasteiger partial charge in [-0.1, -0.05) is 39.7 Å². The Morgan fingerprint density at radius 2 is 1.84 bits per heavy atom. The number of rotatable bonds is 6. The maximum atomic E-state index is 12.6. The lowest BCUT2D eigenvalue weighted by molar-refractivity contribution is 0.0516. The van der Waals surface area contributed by atoms with Crippen LogP contribution in [0.5, 0.6) is 0 Å². The van der Waals surface area contributed by atoms with Gasteiger partial charge in [-0.15, -0.1) is 22.0 Å². The van der Waals surface area contributed by atoms with Crippen LogP contribution in [0.3, 0.4) is 0 Å². The molecule has 31 heavy (non-hydrogen) atoms. The standard InChI is InChI=1S/C22H18BrClN4O2S/c1-3-30-22(29)20-18(12-31-17-10-8-16(24)9-11-17)28-21(26-25-20)19(13(2)27-28)14-4-6-15(23)7-5-14/h4-11H,3,12H2,1-2H3. The Morgan fingerprint density at radius 1 is 1.13 bits per heavy atom. The zero-order chi connectivity index (χ0) is 22.0. The van der Waals surface area contributed by atoms with Crippen LogP contribution in [0.2, 0.25) is 5.02 Å². The van der Waals surface area contributed by atoms with Gasteiger partial charge in [-0.2, -0.15) is 5.10 Å². The number of fused-ring (bicyclic) bond motifs is 1. The molecule has 6 nitrogen and oxygen atoms in total. The summed E-state index contributed by atoms with van der Waals surface area (Å²) >= 11 is 11.0. The number of thioether (sulfide) groups is 1. The van der Waals surface area contributed by atoms with Gasteiger partial charge in [-0.05, 0) is 55.8 Å². The molecule has 0 saturated carbocycles. The second-order valence-electron chi connectivity index (χ2n) is 6.66. The van der Waals surface area contributed by atoms with Crippen LogP contribution in [-0.4, -0.2) is 32.4 Å². The van der Waals surface area contributed by atoms with E-state index in [9.17, 15) is 4.79 Å². The molecule has 0 bridgehead atoms. The molecule has 9 heteroatoms. The second-order valence-corrected chi connectivity index (χ2v) is 9.06. The Balaban J connectivity index is 1.82. The average Bonchev–Trinajstić information content (AvgIpc) is 3.10. The van der Waals surface area contributed by atoms with E-state index in [1.54, 1.807) is 23.2 Å². The fourth-order valence-electron chi connectivity index (χ4n) is 3.18. The molecule has 0 amide bonds. The maximum absolute atomic E-state index is 12.6. The number of nitrogens with zero attached hydrogens (tertiary/aromatic N) is 4. The van der Waals surface area contributed by atoms with Gasteiger partial charge in [0.25, 0.3) is 0 Å². The number of hydrogen-bond donors (Lipinski definition) is 0. The van der Waals surface area contributed by atoms with E-state index in [1.165, 1.54) is 0 Å². The smallest absolute Gasteiger partial charge is 0.360 e. The van der Waals surface area contributed by atoms with Gasteiger partial charge in [0.1, 0.15) is 0 Å². The first kappa shape index (κ1) is 21.8. The SMILES string of the molecule is CCOC(=O)c1nnc2c(-c3ccc(Br)cc3)c(C)nn2c1CSc1ccc(Cl)cc1. The fraction of sp³-hybridized carbons (Fsp3) is 0.182. The van der Waals surface area contributed by atoms with E-state index in [2.05, 4.69) is 26.1 Å². The third kappa shape index (κ3) is 4.61. The van der Waals surface area contributed by atoms with Crippen LogP contribution in [0.25, 0.3) is 16.8 Å². The molecule has 4 aromatic rings. The summed E-state index contributed by atoms with van der Waals surface area (Å²) in [5.74, 6) is -0.0511. The van der Waals surface area contributed by atoms with Crippen LogP contribution in [0, 0.1) is 6.92 Å². The van der Waals surface area contributed by atoms with Crippen molar-refractivity contribution in [1.29, 1.82) is 0 Å². The molecule has 158 valence electrons. The molecule has 0 atom stereocenters. The first-order valence-corrected chi connectivity index (χ1v) is 11.7. The van der Waals surface area contributed by atoms with E-state index in [0.29, 0.717) is 22.1 Å². The molecule has 2 aromatic carbocycles. The van der Waals surface area contributed by atoms with Gasteiger partial charge in [-0.3, -0.25) is 0 Å². The summed E-state index contributed by atoms with van der Waals surface area (Å²) in [6.07, 6.45) is 0. The highest BCUT2D eigenvalue weighted by molar-refractivity contribution is 9.10. The highest BCUT2D eigenvalue weighted by atomic mass is 79.9. The normalized spacial score (nSPS) is 11.1. The van der Waals surface area contributed by atoms with Crippen LogP contribution in [0.1, 0.15) is 28.8 Å². The predicted molar refractivity (Wildman–Crippen MR) is 126 cm³/mol. The third-order valence-corrected chi connectivity index (χ3v) is 6.40. The van der Waals surface area contributed by atoms with Crippen molar-refractivity contribution >= 4 is 50.9 Å². The molecule has 0 saturated heterocycles. The van der Waals surface area contributed by atoms with Crippen molar-refractivity contribution in [2.24, 2.45) is 0 Å². The number of aryl methyl sites for hydroxylation is 1. The number of esters is 1. The summed E-state index contributed by atoms with van der Waals surface area (Å²) < 4.78 is 7.90. The molecular formula is C22H18BrClN4O2S. The Hall–Kier alpha value is -2.42. The lowest BCUT2D eigenvalue weighted by Gasteiger charge is -2.10. The van der Waals surface area contributed by atoms with E-state index in [1.807, 2.05) is 55.5 Å². The van der Waals surface area contributed by atoms with Crippen molar-refractivity contribution in [2.45, 2.75) is 24.5 Å². The van der Waals surface area contributed by atoms with Crippen LogP contribution in [0.15, 0.2) is 57.9 Å². The molecule has 0 spiro atoms. The predicted octanol–water partition coefficient (Wildman–Crippen LogP) is 5.98. The number of carbonyl (C=O) groups is 1. The van der Waals surface area contributed by atoms with Gasteiger partial charge in [0.2, 0.25) is 0 Å². The van der Waals surface area contributed by atoms with Crippen LogP contribution < -0.4 is 0 Å². The van der Waals surface area contributed by atoms with Gasteiger partial charge in [0, 0.05) is 20.1 Å². The molecule has 0 radical (unpaired) electrons. The molecule has 4 rings (SSSR count). The lowest BCUT2D eigenvalue weighted by atomic mass is 10.1. The van der Waals surface area contributed by atoms with Crippen molar-refractivity contribution < 1.29 is 9.53 Å². The van der Waals surface area contributed by atoms with E-state index < -0.39 is 5.97 Å². The molecule has 0 N–H and O–H groups in total. The van der Waals surface area contributed by atoms with Gasteiger partial charge < -0.3 is 4.74 Å². The van der Waals surface area contributed by atoms with Gasteiger partial charge >= 0.3 is 5.97 Å². The van der Waals surface area contributed by atoms with E-state index in [-0.39, 0.29) is 12.3 Å². The second kappa shape index (κ2) is 9.38. The zero-order valence-corrected chi connectivity index (χ0v) is 20.0. The number of aromatic nitrogens is 4. The van der Waals surface area contributed by atoms with Crippen LogP contribution in [-0.2, 0) is 10.5 Å². The summed E-state index contributed by atoms with van der Waals surface area (Å²) in [6.45, 7) is 3.94. The summed E-state index contributed by atoms with van der Waals surface area (Å²) in [5.41, 5.74) is 4.06. The highest BCUT2D eigenvalue weighted by Crippen LogP contribution is 2.31. The number of benzene rings is 2. The van der Waals surface area contributed by atoms with Gasteiger partial charge in [0.05, 0.1) is 23.6 Å². The first-order valence-electron chi connectivity index (χ1n) is 9.54. The average molecular weight is 518 g/mol.